The second-order valence-electron chi connectivity index (χ2n) is 9.69. The number of carbonyl (C=O) groups excluding carboxylic acids is 2. The Labute approximate surface area is 210 Å². The molecule has 1 fully saturated rings. The number of nitrogens with one attached hydrogen (secondary N) is 1. The zero-order chi connectivity index (χ0) is 25.2. The van der Waals surface area contributed by atoms with Gasteiger partial charge in [0.1, 0.15) is 5.82 Å². The van der Waals surface area contributed by atoms with Crippen molar-refractivity contribution >= 4 is 22.7 Å². The van der Waals surface area contributed by atoms with Crippen molar-refractivity contribution in [2.45, 2.75) is 44.7 Å². The number of halogens is 1. The number of rotatable bonds is 6. The maximum absolute atomic E-state index is 13.2. The lowest BCUT2D eigenvalue weighted by Gasteiger charge is -2.31. The van der Waals surface area contributed by atoms with E-state index in [-0.39, 0.29) is 29.7 Å². The molecule has 1 saturated carbocycles. The van der Waals surface area contributed by atoms with Crippen LogP contribution in [0.25, 0.3) is 22.2 Å². The van der Waals surface area contributed by atoms with E-state index in [0.29, 0.717) is 5.56 Å². The lowest BCUT2D eigenvalue weighted by molar-refractivity contribution is -0.126. The highest BCUT2D eigenvalue weighted by Gasteiger charge is 2.30. The number of primary amides is 1. The standard InChI is InChI=1S/C30H30FN3O2/c1-19(20-9-13-25(31)14-10-20)33-30(36)22-11-15-26(16-12-22)34-27(21-5-3-2-4-6-21)17-23-7-8-24(29(32)35)18-28(23)34/h2-10,13-14,17-19,22,26H,11-12,15-16H2,1H3,(H2,32,35)(H,33,36)/t19-,22?,26?/m1/s1. The number of hydrogen-bond donors (Lipinski definition) is 2. The Bertz CT molecular complexity index is 1390. The maximum Gasteiger partial charge on any atom is 0.248 e. The number of aromatic nitrogens is 1. The number of amides is 2. The van der Waals surface area contributed by atoms with Crippen molar-refractivity contribution in [3.05, 3.63) is 95.8 Å². The van der Waals surface area contributed by atoms with Crippen molar-refractivity contribution in [1.82, 2.24) is 9.88 Å². The van der Waals surface area contributed by atoms with Gasteiger partial charge in [-0.3, -0.25) is 9.59 Å². The summed E-state index contributed by atoms with van der Waals surface area (Å²) >= 11 is 0. The molecular formula is C30H30FN3O2. The zero-order valence-corrected chi connectivity index (χ0v) is 20.3. The lowest BCUT2D eigenvalue weighted by atomic mass is 9.84. The summed E-state index contributed by atoms with van der Waals surface area (Å²) in [5, 5.41) is 4.16. The molecule has 0 unspecified atom stereocenters. The summed E-state index contributed by atoms with van der Waals surface area (Å²) in [6, 6.07) is 24.3. The normalized spacial score (nSPS) is 18.6. The smallest absolute Gasteiger partial charge is 0.248 e. The molecule has 0 spiro atoms. The summed E-state index contributed by atoms with van der Waals surface area (Å²) in [4.78, 5) is 24.9. The number of hydrogen-bond acceptors (Lipinski definition) is 2. The molecule has 5 rings (SSSR count). The predicted octanol–water partition coefficient (Wildman–Crippen LogP) is 6.16. The van der Waals surface area contributed by atoms with Crippen LogP contribution in [0.5, 0.6) is 0 Å². The molecule has 0 saturated heterocycles. The van der Waals surface area contributed by atoms with Crippen LogP contribution in [-0.2, 0) is 4.79 Å². The fourth-order valence-corrected chi connectivity index (χ4v) is 5.36. The van der Waals surface area contributed by atoms with E-state index in [0.717, 1.165) is 53.4 Å². The minimum atomic E-state index is -0.443. The third kappa shape index (κ3) is 4.76. The van der Waals surface area contributed by atoms with Gasteiger partial charge in [0.25, 0.3) is 0 Å². The molecule has 1 atom stereocenters. The molecule has 4 aromatic rings. The Morgan fingerprint density at radius 3 is 2.31 bits per heavy atom. The molecule has 2 amide bonds. The summed E-state index contributed by atoms with van der Waals surface area (Å²) in [7, 11) is 0. The van der Waals surface area contributed by atoms with Gasteiger partial charge in [0.15, 0.2) is 0 Å². The quantitative estimate of drug-likeness (QED) is 0.345. The molecule has 1 aliphatic carbocycles. The van der Waals surface area contributed by atoms with Crippen molar-refractivity contribution in [1.29, 1.82) is 0 Å². The zero-order valence-electron chi connectivity index (χ0n) is 20.3. The van der Waals surface area contributed by atoms with Crippen molar-refractivity contribution in [3.8, 4) is 11.3 Å². The number of nitrogens with two attached hydrogens (primary N) is 1. The van der Waals surface area contributed by atoms with Gasteiger partial charge in [-0.1, -0.05) is 48.5 Å². The van der Waals surface area contributed by atoms with Gasteiger partial charge < -0.3 is 15.6 Å². The fraction of sp³-hybridized carbons (Fsp3) is 0.267. The van der Waals surface area contributed by atoms with Crippen LogP contribution in [0.15, 0.2) is 78.9 Å². The molecule has 0 radical (unpaired) electrons. The molecule has 0 aliphatic heterocycles. The molecule has 36 heavy (non-hydrogen) atoms. The van der Waals surface area contributed by atoms with E-state index in [9.17, 15) is 14.0 Å². The average Bonchev–Trinajstić information content (AvgIpc) is 3.28. The molecule has 6 heteroatoms. The first-order chi connectivity index (χ1) is 17.4. The van der Waals surface area contributed by atoms with Crippen LogP contribution in [0.3, 0.4) is 0 Å². The highest BCUT2D eigenvalue weighted by atomic mass is 19.1. The number of carbonyl (C=O) groups is 2. The Kier molecular flexibility index (Phi) is 6.59. The molecule has 1 heterocycles. The van der Waals surface area contributed by atoms with Gasteiger partial charge in [0, 0.05) is 34.1 Å². The van der Waals surface area contributed by atoms with E-state index in [1.165, 1.54) is 12.1 Å². The van der Waals surface area contributed by atoms with E-state index in [2.05, 4.69) is 28.1 Å². The number of benzene rings is 3. The Hall–Kier alpha value is -3.93. The predicted molar refractivity (Wildman–Crippen MR) is 140 cm³/mol. The number of fused-ring (bicyclic) bond motifs is 1. The van der Waals surface area contributed by atoms with Crippen LogP contribution < -0.4 is 11.1 Å². The summed E-state index contributed by atoms with van der Waals surface area (Å²) in [5.74, 6) is -0.748. The first-order valence-corrected chi connectivity index (χ1v) is 12.5. The third-order valence-electron chi connectivity index (χ3n) is 7.36. The highest BCUT2D eigenvalue weighted by Crippen LogP contribution is 2.39. The van der Waals surface area contributed by atoms with Gasteiger partial charge >= 0.3 is 0 Å². The molecule has 0 bridgehead atoms. The van der Waals surface area contributed by atoms with Gasteiger partial charge in [-0.2, -0.15) is 0 Å². The molecule has 1 aromatic heterocycles. The maximum atomic E-state index is 13.2. The molecule has 5 nitrogen and oxygen atoms in total. The average molecular weight is 484 g/mol. The lowest BCUT2D eigenvalue weighted by Crippen LogP contribution is -2.35. The molecular weight excluding hydrogens is 453 g/mol. The Balaban J connectivity index is 1.37. The SMILES string of the molecule is C[C@@H](NC(=O)C1CCC(n2c(-c3ccccc3)cc3ccc(C(N)=O)cc32)CC1)c1ccc(F)cc1. The van der Waals surface area contributed by atoms with Gasteiger partial charge in [-0.05, 0) is 74.1 Å². The molecule has 184 valence electrons. The first kappa shape index (κ1) is 23.8. The minimum absolute atomic E-state index is 0.0435. The Morgan fingerprint density at radius 2 is 1.64 bits per heavy atom. The van der Waals surface area contributed by atoms with Crippen molar-refractivity contribution in [2.24, 2.45) is 11.7 Å². The largest absolute Gasteiger partial charge is 0.366 e. The van der Waals surface area contributed by atoms with Gasteiger partial charge in [-0.15, -0.1) is 0 Å². The van der Waals surface area contributed by atoms with Crippen LogP contribution in [0.2, 0.25) is 0 Å². The summed E-state index contributed by atoms with van der Waals surface area (Å²) in [5.41, 5.74) is 10.2. The summed E-state index contributed by atoms with van der Waals surface area (Å²) in [6.07, 6.45) is 3.26. The van der Waals surface area contributed by atoms with Crippen LogP contribution in [-0.4, -0.2) is 16.4 Å². The van der Waals surface area contributed by atoms with Crippen LogP contribution >= 0.6 is 0 Å². The monoisotopic (exact) mass is 483 g/mol. The fourth-order valence-electron chi connectivity index (χ4n) is 5.36. The number of nitrogens with zero attached hydrogens (tertiary/aromatic N) is 1. The van der Waals surface area contributed by atoms with E-state index in [1.54, 1.807) is 18.2 Å². The summed E-state index contributed by atoms with van der Waals surface area (Å²) < 4.78 is 15.6. The molecule has 1 aliphatic rings. The van der Waals surface area contributed by atoms with E-state index in [4.69, 9.17) is 5.73 Å². The Morgan fingerprint density at radius 1 is 0.944 bits per heavy atom. The molecule has 3 N–H and O–H groups in total. The van der Waals surface area contributed by atoms with E-state index >= 15 is 0 Å². The van der Waals surface area contributed by atoms with Crippen LogP contribution in [0.4, 0.5) is 4.39 Å². The van der Waals surface area contributed by atoms with Gasteiger partial charge in [-0.25, -0.2) is 4.39 Å². The van der Waals surface area contributed by atoms with Crippen LogP contribution in [0, 0.1) is 11.7 Å². The van der Waals surface area contributed by atoms with E-state index < -0.39 is 5.91 Å². The topological polar surface area (TPSA) is 77.1 Å². The summed E-state index contributed by atoms with van der Waals surface area (Å²) in [6.45, 7) is 1.92. The second-order valence-corrected chi connectivity index (χ2v) is 9.69. The third-order valence-corrected chi connectivity index (χ3v) is 7.36. The molecule has 3 aromatic carbocycles. The van der Waals surface area contributed by atoms with Gasteiger partial charge in [0.05, 0.1) is 6.04 Å². The second kappa shape index (κ2) is 9.97. The minimum Gasteiger partial charge on any atom is -0.366 e. The first-order valence-electron chi connectivity index (χ1n) is 12.5. The van der Waals surface area contributed by atoms with Crippen molar-refractivity contribution in [2.75, 3.05) is 0 Å². The van der Waals surface area contributed by atoms with E-state index in [1.807, 2.05) is 37.3 Å². The van der Waals surface area contributed by atoms with Crippen molar-refractivity contribution in [3.63, 3.8) is 0 Å². The van der Waals surface area contributed by atoms with Crippen LogP contribution in [0.1, 0.15) is 60.6 Å². The van der Waals surface area contributed by atoms with Crippen molar-refractivity contribution < 1.29 is 14.0 Å². The van der Waals surface area contributed by atoms with Gasteiger partial charge in [0.2, 0.25) is 11.8 Å². The highest BCUT2D eigenvalue weighted by molar-refractivity contribution is 5.98.